The highest BCUT2D eigenvalue weighted by Crippen LogP contribution is 2.26. The molecule has 1 aromatic carbocycles. The standard InChI is InChI=1S/C21H30N4O/c1-17(2)13-23-20(26)16-24-11-6-9-19(15-24)21-22-10-12-25(21)14-18-7-4-3-5-8-18/h3-5,7-8,10,12,17,19H,6,9,11,13-16H2,1-2H3,(H,23,26)/t19-/m1/s1. The van der Waals surface area contributed by atoms with E-state index in [0.717, 1.165) is 44.8 Å². The summed E-state index contributed by atoms with van der Waals surface area (Å²) in [6.07, 6.45) is 6.21. The van der Waals surface area contributed by atoms with Crippen molar-refractivity contribution in [2.75, 3.05) is 26.2 Å². The third-order valence-electron chi connectivity index (χ3n) is 4.89. The van der Waals surface area contributed by atoms with Crippen LogP contribution >= 0.6 is 0 Å². The lowest BCUT2D eigenvalue weighted by atomic mass is 9.97. The summed E-state index contributed by atoms with van der Waals surface area (Å²) in [7, 11) is 0. The van der Waals surface area contributed by atoms with Crippen LogP contribution in [-0.2, 0) is 11.3 Å². The van der Waals surface area contributed by atoms with Gasteiger partial charge < -0.3 is 9.88 Å². The second kappa shape index (κ2) is 8.99. The van der Waals surface area contributed by atoms with Crippen LogP contribution in [0.3, 0.4) is 0 Å². The Labute approximate surface area is 156 Å². The fourth-order valence-corrected chi connectivity index (χ4v) is 3.58. The number of nitrogens with one attached hydrogen (secondary N) is 1. The number of hydrogen-bond donors (Lipinski definition) is 1. The molecule has 2 heterocycles. The molecular weight excluding hydrogens is 324 g/mol. The lowest BCUT2D eigenvalue weighted by Gasteiger charge is -2.32. The van der Waals surface area contributed by atoms with Gasteiger partial charge in [-0.15, -0.1) is 0 Å². The molecule has 1 N–H and O–H groups in total. The van der Waals surface area contributed by atoms with Gasteiger partial charge in [0.05, 0.1) is 6.54 Å². The van der Waals surface area contributed by atoms with E-state index in [4.69, 9.17) is 0 Å². The summed E-state index contributed by atoms with van der Waals surface area (Å²) in [5, 5.41) is 3.02. The predicted molar refractivity (Wildman–Crippen MR) is 104 cm³/mol. The van der Waals surface area contributed by atoms with Gasteiger partial charge >= 0.3 is 0 Å². The van der Waals surface area contributed by atoms with Gasteiger partial charge in [-0.25, -0.2) is 4.98 Å². The highest BCUT2D eigenvalue weighted by molar-refractivity contribution is 5.78. The number of amides is 1. The molecule has 5 heteroatoms. The van der Waals surface area contributed by atoms with Crippen LogP contribution < -0.4 is 5.32 Å². The smallest absolute Gasteiger partial charge is 0.234 e. The number of hydrogen-bond acceptors (Lipinski definition) is 3. The summed E-state index contributed by atoms with van der Waals surface area (Å²) >= 11 is 0. The van der Waals surface area contributed by atoms with Gasteiger partial charge in [-0.3, -0.25) is 9.69 Å². The number of nitrogens with zero attached hydrogens (tertiary/aromatic N) is 3. The van der Waals surface area contributed by atoms with Crippen molar-refractivity contribution in [2.45, 2.75) is 39.2 Å². The molecular formula is C21H30N4O. The van der Waals surface area contributed by atoms with Crippen molar-refractivity contribution in [2.24, 2.45) is 5.92 Å². The molecule has 1 atom stereocenters. The number of carbonyl (C=O) groups excluding carboxylic acids is 1. The van der Waals surface area contributed by atoms with Crippen LogP contribution in [0.5, 0.6) is 0 Å². The first kappa shape index (κ1) is 18.6. The zero-order valence-corrected chi connectivity index (χ0v) is 15.9. The summed E-state index contributed by atoms with van der Waals surface area (Å²) in [6, 6.07) is 10.5. The summed E-state index contributed by atoms with van der Waals surface area (Å²) < 4.78 is 2.25. The number of piperidine rings is 1. The van der Waals surface area contributed by atoms with E-state index >= 15 is 0 Å². The maximum Gasteiger partial charge on any atom is 0.234 e. The van der Waals surface area contributed by atoms with Gasteiger partial charge in [0.2, 0.25) is 5.91 Å². The van der Waals surface area contributed by atoms with E-state index in [1.807, 2.05) is 12.3 Å². The van der Waals surface area contributed by atoms with E-state index in [2.05, 4.69) is 64.1 Å². The lowest BCUT2D eigenvalue weighted by molar-refractivity contribution is -0.122. The van der Waals surface area contributed by atoms with Crippen molar-refractivity contribution in [3.05, 3.63) is 54.1 Å². The second-order valence-electron chi connectivity index (χ2n) is 7.67. The van der Waals surface area contributed by atoms with Crippen LogP contribution in [0.15, 0.2) is 42.7 Å². The Balaban J connectivity index is 1.60. The van der Waals surface area contributed by atoms with Crippen molar-refractivity contribution < 1.29 is 4.79 Å². The second-order valence-corrected chi connectivity index (χ2v) is 7.67. The maximum atomic E-state index is 12.1. The van der Waals surface area contributed by atoms with Crippen LogP contribution in [0, 0.1) is 5.92 Å². The molecule has 0 radical (unpaired) electrons. The van der Waals surface area contributed by atoms with Gasteiger partial charge in [0, 0.05) is 37.9 Å². The van der Waals surface area contributed by atoms with E-state index < -0.39 is 0 Å². The zero-order valence-electron chi connectivity index (χ0n) is 15.9. The third-order valence-corrected chi connectivity index (χ3v) is 4.89. The van der Waals surface area contributed by atoms with Crippen LogP contribution in [0.1, 0.15) is 44.0 Å². The van der Waals surface area contributed by atoms with E-state index in [1.165, 1.54) is 5.56 Å². The van der Waals surface area contributed by atoms with Gasteiger partial charge in [0.1, 0.15) is 5.82 Å². The fraction of sp³-hybridized carbons (Fsp3) is 0.524. The first-order valence-electron chi connectivity index (χ1n) is 9.66. The maximum absolute atomic E-state index is 12.1. The number of benzene rings is 1. The quantitative estimate of drug-likeness (QED) is 0.832. The normalized spacial score (nSPS) is 18.2. The number of imidazole rings is 1. The van der Waals surface area contributed by atoms with E-state index in [0.29, 0.717) is 18.4 Å². The molecule has 1 saturated heterocycles. The first-order chi connectivity index (χ1) is 12.6. The Morgan fingerprint density at radius 1 is 1.31 bits per heavy atom. The molecule has 0 saturated carbocycles. The van der Waals surface area contributed by atoms with Crippen LogP contribution in [0.25, 0.3) is 0 Å². The zero-order chi connectivity index (χ0) is 18.4. The Kier molecular flexibility index (Phi) is 6.45. The van der Waals surface area contributed by atoms with Crippen molar-refractivity contribution in [1.29, 1.82) is 0 Å². The van der Waals surface area contributed by atoms with E-state index in [9.17, 15) is 4.79 Å². The molecule has 3 rings (SSSR count). The molecule has 1 aromatic heterocycles. The van der Waals surface area contributed by atoms with Crippen LogP contribution in [-0.4, -0.2) is 46.5 Å². The minimum absolute atomic E-state index is 0.131. The molecule has 2 aromatic rings. The van der Waals surface area contributed by atoms with Crippen LogP contribution in [0.4, 0.5) is 0 Å². The van der Waals surface area contributed by atoms with Gasteiger partial charge in [-0.05, 0) is 30.9 Å². The Bertz CT molecular complexity index is 695. The molecule has 1 aliphatic rings. The van der Waals surface area contributed by atoms with E-state index in [1.54, 1.807) is 0 Å². The Morgan fingerprint density at radius 3 is 2.88 bits per heavy atom. The fourth-order valence-electron chi connectivity index (χ4n) is 3.58. The van der Waals surface area contributed by atoms with Gasteiger partial charge in [0.25, 0.3) is 0 Å². The van der Waals surface area contributed by atoms with Gasteiger partial charge in [0.15, 0.2) is 0 Å². The molecule has 0 unspecified atom stereocenters. The lowest BCUT2D eigenvalue weighted by Crippen LogP contribution is -2.43. The average molecular weight is 354 g/mol. The molecule has 140 valence electrons. The van der Waals surface area contributed by atoms with Crippen molar-refractivity contribution in [3.8, 4) is 0 Å². The van der Waals surface area contributed by atoms with Gasteiger partial charge in [-0.1, -0.05) is 44.2 Å². The number of aromatic nitrogens is 2. The summed E-state index contributed by atoms with van der Waals surface area (Å²) in [5.74, 6) is 2.15. The predicted octanol–water partition coefficient (Wildman–Crippen LogP) is 2.88. The molecule has 0 bridgehead atoms. The first-order valence-corrected chi connectivity index (χ1v) is 9.66. The van der Waals surface area contributed by atoms with Crippen LogP contribution in [0.2, 0.25) is 0 Å². The Morgan fingerprint density at radius 2 is 2.12 bits per heavy atom. The molecule has 5 nitrogen and oxygen atoms in total. The minimum atomic E-state index is 0.131. The molecule has 1 amide bonds. The summed E-state index contributed by atoms with van der Waals surface area (Å²) in [5.41, 5.74) is 1.28. The van der Waals surface area contributed by atoms with Crippen molar-refractivity contribution in [1.82, 2.24) is 19.8 Å². The largest absolute Gasteiger partial charge is 0.355 e. The SMILES string of the molecule is CC(C)CNC(=O)CN1CCC[C@@H](c2nccn2Cc2ccccc2)C1. The van der Waals surface area contributed by atoms with E-state index in [-0.39, 0.29) is 5.91 Å². The van der Waals surface area contributed by atoms with Crippen molar-refractivity contribution in [3.63, 3.8) is 0 Å². The topological polar surface area (TPSA) is 50.2 Å². The molecule has 26 heavy (non-hydrogen) atoms. The molecule has 0 aliphatic carbocycles. The third kappa shape index (κ3) is 5.18. The van der Waals surface area contributed by atoms with Crippen molar-refractivity contribution >= 4 is 5.91 Å². The molecule has 1 aliphatic heterocycles. The monoisotopic (exact) mass is 354 g/mol. The number of likely N-dealkylation sites (tertiary alicyclic amines) is 1. The summed E-state index contributed by atoms with van der Waals surface area (Å²) in [6.45, 7) is 8.21. The summed E-state index contributed by atoms with van der Waals surface area (Å²) in [4.78, 5) is 19.1. The Hall–Kier alpha value is -2.14. The van der Waals surface area contributed by atoms with Gasteiger partial charge in [-0.2, -0.15) is 0 Å². The average Bonchev–Trinajstić information content (AvgIpc) is 3.09. The highest BCUT2D eigenvalue weighted by atomic mass is 16.2. The number of carbonyl (C=O) groups is 1. The molecule has 0 spiro atoms. The number of rotatable bonds is 7. The minimum Gasteiger partial charge on any atom is -0.355 e. The highest BCUT2D eigenvalue weighted by Gasteiger charge is 2.25. The molecule has 1 fully saturated rings.